The molecule has 1 atom stereocenters. The topological polar surface area (TPSA) is 95.3 Å². The van der Waals surface area contributed by atoms with E-state index >= 15 is 0 Å². The van der Waals surface area contributed by atoms with Crippen LogP contribution in [0.1, 0.15) is 36.1 Å². The van der Waals surface area contributed by atoms with Gasteiger partial charge in [-0.3, -0.25) is 4.79 Å². The highest BCUT2D eigenvalue weighted by atomic mass is 32.2. The number of rotatable bonds is 9. The number of para-hydroxylation sites is 2. The number of ether oxygens (including phenoxy) is 2. The van der Waals surface area contributed by atoms with Crippen LogP contribution in [0.5, 0.6) is 5.75 Å². The van der Waals surface area contributed by atoms with Crippen molar-refractivity contribution in [2.24, 2.45) is 0 Å². The molecule has 2 aromatic carbocycles. The predicted molar refractivity (Wildman–Crippen MR) is 118 cm³/mol. The third kappa shape index (κ3) is 5.64. The van der Waals surface area contributed by atoms with Gasteiger partial charge in [-0.25, -0.2) is 4.79 Å². The van der Waals surface area contributed by atoms with Gasteiger partial charge >= 0.3 is 5.97 Å². The number of amides is 1. The summed E-state index contributed by atoms with van der Waals surface area (Å²) >= 11 is 1.27. The Bertz CT molecular complexity index is 1040. The van der Waals surface area contributed by atoms with Crippen molar-refractivity contribution in [3.63, 3.8) is 0 Å². The molecular formula is C22H24N4O4S. The first kappa shape index (κ1) is 22.4. The first-order valence-corrected chi connectivity index (χ1v) is 10.8. The number of nitrogens with one attached hydrogen (secondary N) is 1. The second kappa shape index (κ2) is 10.6. The van der Waals surface area contributed by atoms with Gasteiger partial charge in [-0.05, 0) is 38.1 Å². The van der Waals surface area contributed by atoms with E-state index in [-0.39, 0.29) is 17.8 Å². The van der Waals surface area contributed by atoms with Crippen LogP contribution in [0, 0.1) is 0 Å². The van der Waals surface area contributed by atoms with E-state index in [1.54, 1.807) is 24.3 Å². The van der Waals surface area contributed by atoms with Crippen LogP contribution in [0.4, 0.5) is 5.69 Å². The molecule has 0 aliphatic carbocycles. The van der Waals surface area contributed by atoms with Crippen LogP contribution in [0.25, 0.3) is 0 Å². The Hall–Kier alpha value is -3.33. The molecule has 0 bridgehead atoms. The van der Waals surface area contributed by atoms with Crippen molar-refractivity contribution in [1.29, 1.82) is 0 Å². The summed E-state index contributed by atoms with van der Waals surface area (Å²) in [5, 5.41) is 11.9. The normalized spacial score (nSPS) is 11.6. The molecule has 0 fully saturated rings. The molecule has 162 valence electrons. The fourth-order valence-electron chi connectivity index (χ4n) is 2.96. The zero-order chi connectivity index (χ0) is 22.2. The van der Waals surface area contributed by atoms with Gasteiger partial charge in [0.15, 0.2) is 17.1 Å². The van der Waals surface area contributed by atoms with Crippen LogP contribution in [0.2, 0.25) is 0 Å². The summed E-state index contributed by atoms with van der Waals surface area (Å²) in [6, 6.07) is 16.2. The van der Waals surface area contributed by atoms with Crippen LogP contribution >= 0.6 is 11.8 Å². The Balaban J connectivity index is 1.65. The Kier molecular flexibility index (Phi) is 7.66. The van der Waals surface area contributed by atoms with E-state index in [0.29, 0.717) is 28.8 Å². The lowest BCUT2D eigenvalue weighted by Crippen LogP contribution is -2.17. The van der Waals surface area contributed by atoms with E-state index in [1.165, 1.54) is 18.9 Å². The van der Waals surface area contributed by atoms with Crippen molar-refractivity contribution in [2.75, 3.05) is 18.2 Å². The van der Waals surface area contributed by atoms with Gasteiger partial charge in [0.05, 0.1) is 24.1 Å². The zero-order valence-corrected chi connectivity index (χ0v) is 18.4. The number of thioether (sulfide) groups is 1. The smallest absolute Gasteiger partial charge is 0.339 e. The van der Waals surface area contributed by atoms with E-state index in [9.17, 15) is 9.59 Å². The molecule has 0 radical (unpaired) electrons. The van der Waals surface area contributed by atoms with E-state index in [4.69, 9.17) is 9.47 Å². The first-order chi connectivity index (χ1) is 15.0. The number of esters is 1. The summed E-state index contributed by atoms with van der Waals surface area (Å²) in [5.74, 6) is 0.777. The molecule has 1 aromatic heterocycles. The third-order valence-electron chi connectivity index (χ3n) is 4.42. The quantitative estimate of drug-likeness (QED) is 0.397. The van der Waals surface area contributed by atoms with E-state index in [0.717, 1.165) is 5.75 Å². The minimum atomic E-state index is -0.508. The monoisotopic (exact) mass is 440 g/mol. The van der Waals surface area contributed by atoms with Crippen LogP contribution in [0.3, 0.4) is 0 Å². The zero-order valence-electron chi connectivity index (χ0n) is 17.6. The molecule has 3 rings (SSSR count). The number of aromatic nitrogens is 3. The molecule has 8 nitrogen and oxygen atoms in total. The Labute approximate surface area is 185 Å². The molecular weight excluding hydrogens is 416 g/mol. The predicted octanol–water partition coefficient (Wildman–Crippen LogP) is 3.96. The Morgan fingerprint density at radius 2 is 1.81 bits per heavy atom. The Morgan fingerprint density at radius 1 is 1.10 bits per heavy atom. The lowest BCUT2D eigenvalue weighted by molar-refractivity contribution is -0.113. The number of methoxy groups -OCH3 is 1. The lowest BCUT2D eigenvalue weighted by Gasteiger charge is -2.15. The summed E-state index contributed by atoms with van der Waals surface area (Å²) in [6.07, 6.45) is -0.301. The van der Waals surface area contributed by atoms with Gasteiger partial charge in [0, 0.05) is 6.54 Å². The molecule has 0 spiro atoms. The minimum absolute atomic E-state index is 0.113. The number of anilines is 1. The molecule has 3 aromatic rings. The summed E-state index contributed by atoms with van der Waals surface area (Å²) in [6.45, 7) is 4.53. The minimum Gasteiger partial charge on any atom is -0.483 e. The standard InChI is InChI=1S/C22H24N4O4S/c1-4-26-20(15(2)30-16-10-6-5-7-11-16)24-25-22(26)31-14-19(27)23-18-13-9-8-12-17(18)21(28)29-3/h5-13,15H,4,14H2,1-3H3,(H,23,27). The van der Waals surface area contributed by atoms with Gasteiger partial charge < -0.3 is 19.4 Å². The highest BCUT2D eigenvalue weighted by Gasteiger charge is 2.20. The number of hydrogen-bond acceptors (Lipinski definition) is 7. The molecule has 1 amide bonds. The molecule has 1 heterocycles. The number of hydrogen-bond donors (Lipinski definition) is 1. The molecule has 0 aliphatic rings. The average molecular weight is 441 g/mol. The van der Waals surface area contributed by atoms with Crippen molar-refractivity contribution in [3.8, 4) is 5.75 Å². The molecule has 0 aliphatic heterocycles. The van der Waals surface area contributed by atoms with Gasteiger partial charge in [-0.1, -0.05) is 42.1 Å². The summed E-state index contributed by atoms with van der Waals surface area (Å²) in [5.41, 5.74) is 0.705. The fourth-order valence-corrected chi connectivity index (χ4v) is 3.77. The largest absolute Gasteiger partial charge is 0.483 e. The van der Waals surface area contributed by atoms with Gasteiger partial charge in [0.1, 0.15) is 5.75 Å². The van der Waals surface area contributed by atoms with Crippen molar-refractivity contribution in [2.45, 2.75) is 31.7 Å². The van der Waals surface area contributed by atoms with E-state index in [2.05, 4.69) is 15.5 Å². The summed E-state index contributed by atoms with van der Waals surface area (Å²) in [4.78, 5) is 24.3. The fraction of sp³-hybridized carbons (Fsp3) is 0.273. The number of carbonyl (C=O) groups is 2. The van der Waals surface area contributed by atoms with Crippen LogP contribution < -0.4 is 10.1 Å². The van der Waals surface area contributed by atoms with Crippen molar-refractivity contribution < 1.29 is 19.1 Å². The third-order valence-corrected chi connectivity index (χ3v) is 5.39. The SMILES string of the molecule is CCn1c(SCC(=O)Nc2ccccc2C(=O)OC)nnc1C(C)Oc1ccccc1. The second-order valence-corrected chi connectivity index (χ2v) is 7.47. The van der Waals surface area contributed by atoms with E-state index in [1.807, 2.05) is 48.7 Å². The molecule has 9 heteroatoms. The van der Waals surface area contributed by atoms with Crippen LogP contribution in [0.15, 0.2) is 59.8 Å². The maximum atomic E-state index is 12.5. The molecule has 0 saturated heterocycles. The van der Waals surface area contributed by atoms with E-state index < -0.39 is 5.97 Å². The Morgan fingerprint density at radius 3 is 2.52 bits per heavy atom. The number of carbonyl (C=O) groups excluding carboxylic acids is 2. The highest BCUT2D eigenvalue weighted by Crippen LogP contribution is 2.25. The summed E-state index contributed by atoms with van der Waals surface area (Å²) < 4.78 is 12.6. The van der Waals surface area contributed by atoms with Crippen LogP contribution in [-0.4, -0.2) is 39.5 Å². The first-order valence-electron chi connectivity index (χ1n) is 9.78. The summed E-state index contributed by atoms with van der Waals surface area (Å²) in [7, 11) is 1.30. The van der Waals surface area contributed by atoms with Gasteiger partial charge in [-0.2, -0.15) is 0 Å². The van der Waals surface area contributed by atoms with Crippen molar-refractivity contribution in [1.82, 2.24) is 14.8 Å². The van der Waals surface area contributed by atoms with Crippen molar-refractivity contribution >= 4 is 29.3 Å². The second-order valence-electron chi connectivity index (χ2n) is 6.53. The molecule has 0 saturated carbocycles. The lowest BCUT2D eigenvalue weighted by atomic mass is 10.2. The van der Waals surface area contributed by atoms with Crippen molar-refractivity contribution in [3.05, 3.63) is 66.0 Å². The van der Waals surface area contributed by atoms with Gasteiger partial charge in [0.25, 0.3) is 0 Å². The molecule has 1 unspecified atom stereocenters. The van der Waals surface area contributed by atoms with Gasteiger partial charge in [0.2, 0.25) is 5.91 Å². The maximum Gasteiger partial charge on any atom is 0.339 e. The highest BCUT2D eigenvalue weighted by molar-refractivity contribution is 7.99. The number of benzene rings is 2. The molecule has 1 N–H and O–H groups in total. The number of nitrogens with zero attached hydrogens (tertiary/aromatic N) is 3. The van der Waals surface area contributed by atoms with Gasteiger partial charge in [-0.15, -0.1) is 10.2 Å². The molecule has 31 heavy (non-hydrogen) atoms. The van der Waals surface area contributed by atoms with Crippen LogP contribution in [-0.2, 0) is 16.1 Å². The average Bonchev–Trinajstić information content (AvgIpc) is 3.21. The maximum absolute atomic E-state index is 12.5.